The largest absolute Gasteiger partial charge is 0.0833 e. The summed E-state index contributed by atoms with van der Waals surface area (Å²) in [4.78, 5) is 0. The molecule has 0 heterocycles. The highest BCUT2D eigenvalue weighted by atomic mass is 35.5. The van der Waals surface area contributed by atoms with E-state index in [4.69, 9.17) is 11.6 Å². The fraction of sp³-hybridized carbons (Fsp3) is 0.0667. The van der Waals surface area contributed by atoms with Gasteiger partial charge in [-0.1, -0.05) is 60.1 Å². The van der Waals surface area contributed by atoms with Gasteiger partial charge in [0.1, 0.15) is 0 Å². The Bertz CT molecular complexity index is 623. The molecule has 0 aromatic heterocycles. The molecule has 0 aliphatic rings. The van der Waals surface area contributed by atoms with Crippen molar-refractivity contribution in [3.63, 3.8) is 0 Å². The Balaban J connectivity index is 2.69. The third-order valence-electron chi connectivity index (χ3n) is 3.11. The van der Waals surface area contributed by atoms with Crippen molar-refractivity contribution in [3.8, 4) is 0 Å². The first kappa shape index (κ1) is 9.68. The first-order chi connectivity index (χ1) is 7.79. The van der Waals surface area contributed by atoms with Gasteiger partial charge < -0.3 is 0 Å². The summed E-state index contributed by atoms with van der Waals surface area (Å²) >= 11 is 6.40. The molecule has 0 aliphatic heterocycles. The number of aryl methyl sites for hydroxylation is 1. The van der Waals surface area contributed by atoms with E-state index < -0.39 is 0 Å². The van der Waals surface area contributed by atoms with Gasteiger partial charge in [-0.15, -0.1) is 0 Å². The summed E-state index contributed by atoms with van der Waals surface area (Å²) in [6.45, 7) is 2.08. The zero-order chi connectivity index (χ0) is 11.1. The first-order valence-corrected chi connectivity index (χ1v) is 5.72. The average molecular weight is 227 g/mol. The van der Waals surface area contributed by atoms with E-state index in [0.717, 1.165) is 16.0 Å². The van der Waals surface area contributed by atoms with E-state index in [1.54, 1.807) is 0 Å². The topological polar surface area (TPSA) is 0 Å². The third-order valence-corrected chi connectivity index (χ3v) is 3.60. The summed E-state index contributed by atoms with van der Waals surface area (Å²) in [5, 5.41) is 5.76. The molecule has 0 saturated carbocycles. The van der Waals surface area contributed by atoms with Crippen molar-refractivity contribution in [3.05, 3.63) is 59.1 Å². The number of halogens is 1. The van der Waals surface area contributed by atoms with Crippen molar-refractivity contribution >= 4 is 33.1 Å². The Hall–Kier alpha value is -1.53. The molecule has 78 valence electrons. The lowest BCUT2D eigenvalue weighted by Crippen LogP contribution is -1.84. The van der Waals surface area contributed by atoms with Crippen LogP contribution in [0.4, 0.5) is 0 Å². The number of hydrogen-bond acceptors (Lipinski definition) is 0. The predicted molar refractivity (Wildman–Crippen MR) is 71.2 cm³/mol. The highest BCUT2D eigenvalue weighted by molar-refractivity contribution is 6.38. The van der Waals surface area contributed by atoms with Crippen molar-refractivity contribution in [2.75, 3.05) is 0 Å². The SMILES string of the molecule is Cc1c(Cl)c2ccccc2c2ccccc12. The third kappa shape index (κ3) is 1.23. The molecule has 3 rings (SSSR count). The molecule has 0 atom stereocenters. The second-order valence-electron chi connectivity index (χ2n) is 4.03. The lowest BCUT2D eigenvalue weighted by atomic mass is 9.98. The van der Waals surface area contributed by atoms with Crippen LogP contribution >= 0.6 is 11.6 Å². The van der Waals surface area contributed by atoms with Crippen LogP contribution in [0, 0.1) is 6.92 Å². The molecule has 0 saturated heterocycles. The van der Waals surface area contributed by atoms with Gasteiger partial charge in [0, 0.05) is 5.39 Å². The maximum Gasteiger partial charge on any atom is 0.0519 e. The number of fused-ring (bicyclic) bond motifs is 3. The average Bonchev–Trinajstić information content (AvgIpc) is 2.36. The van der Waals surface area contributed by atoms with E-state index in [0.29, 0.717) is 0 Å². The molecule has 0 aliphatic carbocycles. The predicted octanol–water partition coefficient (Wildman–Crippen LogP) is 4.95. The number of rotatable bonds is 0. The molecular weight excluding hydrogens is 216 g/mol. The van der Waals surface area contributed by atoms with Crippen LogP contribution in [0.2, 0.25) is 5.02 Å². The highest BCUT2D eigenvalue weighted by Crippen LogP contribution is 2.35. The van der Waals surface area contributed by atoms with Gasteiger partial charge in [0.2, 0.25) is 0 Å². The minimum Gasteiger partial charge on any atom is -0.0833 e. The van der Waals surface area contributed by atoms with Gasteiger partial charge in [0.15, 0.2) is 0 Å². The molecule has 3 aromatic carbocycles. The molecule has 1 heteroatoms. The van der Waals surface area contributed by atoms with Crippen LogP contribution < -0.4 is 0 Å². The highest BCUT2D eigenvalue weighted by Gasteiger charge is 2.08. The second-order valence-corrected chi connectivity index (χ2v) is 4.41. The zero-order valence-electron chi connectivity index (χ0n) is 9.00. The molecule has 0 fully saturated rings. The normalized spacial score (nSPS) is 11.1. The molecule has 0 amide bonds. The molecular formula is C15H11Cl. The zero-order valence-corrected chi connectivity index (χ0v) is 9.75. The van der Waals surface area contributed by atoms with Gasteiger partial charge in [-0.3, -0.25) is 0 Å². The fourth-order valence-corrected chi connectivity index (χ4v) is 2.54. The molecule has 3 aromatic rings. The van der Waals surface area contributed by atoms with E-state index in [1.807, 2.05) is 6.07 Å². The first-order valence-electron chi connectivity index (χ1n) is 5.34. The Morgan fingerprint density at radius 2 is 1.12 bits per heavy atom. The van der Waals surface area contributed by atoms with Crippen molar-refractivity contribution in [2.24, 2.45) is 0 Å². The maximum atomic E-state index is 6.40. The van der Waals surface area contributed by atoms with Gasteiger partial charge in [0.25, 0.3) is 0 Å². The van der Waals surface area contributed by atoms with Crippen molar-refractivity contribution in [1.29, 1.82) is 0 Å². The Labute approximate surface area is 99.5 Å². The Kier molecular flexibility index (Phi) is 2.12. The molecule has 0 bridgehead atoms. The lowest BCUT2D eigenvalue weighted by molar-refractivity contribution is 1.55. The number of benzene rings is 3. The Morgan fingerprint density at radius 3 is 1.75 bits per heavy atom. The van der Waals surface area contributed by atoms with Crippen molar-refractivity contribution < 1.29 is 0 Å². The second kappa shape index (κ2) is 3.50. The molecule has 0 nitrogen and oxygen atoms in total. The lowest BCUT2D eigenvalue weighted by Gasteiger charge is -2.09. The van der Waals surface area contributed by atoms with Crippen LogP contribution in [0.5, 0.6) is 0 Å². The van der Waals surface area contributed by atoms with E-state index in [1.165, 1.54) is 16.2 Å². The smallest absolute Gasteiger partial charge is 0.0519 e. The maximum absolute atomic E-state index is 6.40. The summed E-state index contributed by atoms with van der Waals surface area (Å²) in [5.74, 6) is 0. The molecule has 0 spiro atoms. The van der Waals surface area contributed by atoms with Crippen LogP contribution in [0.1, 0.15) is 5.56 Å². The summed E-state index contributed by atoms with van der Waals surface area (Å²) in [6.07, 6.45) is 0. The van der Waals surface area contributed by atoms with Crippen LogP contribution in [0.25, 0.3) is 21.5 Å². The quantitative estimate of drug-likeness (QED) is 0.476. The molecule has 0 unspecified atom stereocenters. The number of hydrogen-bond donors (Lipinski definition) is 0. The van der Waals surface area contributed by atoms with Crippen LogP contribution in [0.3, 0.4) is 0 Å². The van der Waals surface area contributed by atoms with Gasteiger partial charge >= 0.3 is 0 Å². The van der Waals surface area contributed by atoms with Crippen LogP contribution in [-0.4, -0.2) is 0 Å². The molecule has 0 radical (unpaired) electrons. The van der Waals surface area contributed by atoms with Gasteiger partial charge in [-0.05, 0) is 28.6 Å². The van der Waals surface area contributed by atoms with Crippen LogP contribution in [-0.2, 0) is 0 Å². The van der Waals surface area contributed by atoms with Gasteiger partial charge in [-0.2, -0.15) is 0 Å². The minimum absolute atomic E-state index is 0.870. The fourth-order valence-electron chi connectivity index (χ4n) is 2.27. The molecule has 16 heavy (non-hydrogen) atoms. The summed E-state index contributed by atoms with van der Waals surface area (Å²) in [6, 6.07) is 16.7. The standard InChI is InChI=1S/C15H11Cl/c1-10-11-6-2-3-7-12(11)13-8-4-5-9-14(13)15(10)16/h2-9H,1H3. The van der Waals surface area contributed by atoms with E-state index in [9.17, 15) is 0 Å². The van der Waals surface area contributed by atoms with Crippen molar-refractivity contribution in [1.82, 2.24) is 0 Å². The van der Waals surface area contributed by atoms with E-state index in [2.05, 4.69) is 49.4 Å². The summed E-state index contributed by atoms with van der Waals surface area (Å²) < 4.78 is 0. The van der Waals surface area contributed by atoms with Crippen molar-refractivity contribution in [2.45, 2.75) is 6.92 Å². The van der Waals surface area contributed by atoms with Crippen LogP contribution in [0.15, 0.2) is 48.5 Å². The van der Waals surface area contributed by atoms with Gasteiger partial charge in [-0.25, -0.2) is 0 Å². The van der Waals surface area contributed by atoms with E-state index >= 15 is 0 Å². The van der Waals surface area contributed by atoms with Gasteiger partial charge in [0.05, 0.1) is 5.02 Å². The Morgan fingerprint density at radius 1 is 0.688 bits per heavy atom. The monoisotopic (exact) mass is 226 g/mol. The molecule has 0 N–H and O–H groups in total. The minimum atomic E-state index is 0.870. The summed E-state index contributed by atoms with van der Waals surface area (Å²) in [5.41, 5.74) is 1.16. The summed E-state index contributed by atoms with van der Waals surface area (Å²) in [7, 11) is 0. The van der Waals surface area contributed by atoms with E-state index in [-0.39, 0.29) is 0 Å².